The molecule has 28 heavy (non-hydrogen) atoms. The van der Waals surface area contributed by atoms with Crippen LogP contribution in [0.5, 0.6) is 5.75 Å². The van der Waals surface area contributed by atoms with E-state index in [1.54, 1.807) is 31.4 Å². The number of quaternary nitrogens is 1. The molecule has 0 aliphatic carbocycles. The van der Waals surface area contributed by atoms with E-state index in [-0.39, 0.29) is 24.3 Å². The lowest BCUT2D eigenvalue weighted by Crippen LogP contribution is -3.19. The van der Waals surface area contributed by atoms with Crippen LogP contribution in [-0.2, 0) is 9.59 Å². The first-order valence-corrected chi connectivity index (χ1v) is 9.81. The van der Waals surface area contributed by atoms with Gasteiger partial charge < -0.3 is 14.5 Å². The van der Waals surface area contributed by atoms with Gasteiger partial charge in [0.05, 0.1) is 56.1 Å². The van der Waals surface area contributed by atoms with E-state index in [1.807, 2.05) is 24.3 Å². The van der Waals surface area contributed by atoms with Gasteiger partial charge in [0.1, 0.15) is 5.75 Å². The van der Waals surface area contributed by atoms with Gasteiger partial charge >= 0.3 is 0 Å². The monoisotopic (exact) mass is 400 g/mol. The topological polar surface area (TPSA) is 54.3 Å². The van der Waals surface area contributed by atoms with Crippen molar-refractivity contribution in [1.82, 2.24) is 0 Å². The van der Waals surface area contributed by atoms with E-state index in [0.29, 0.717) is 11.4 Å². The molecular weight excluding hydrogens is 378 g/mol. The summed E-state index contributed by atoms with van der Waals surface area (Å²) in [5.74, 6) is 0.353. The fourth-order valence-corrected chi connectivity index (χ4v) is 4.32. The molecule has 2 heterocycles. The van der Waals surface area contributed by atoms with Crippen molar-refractivity contribution in [2.75, 3.05) is 43.1 Å². The first-order chi connectivity index (χ1) is 13.6. The molecule has 2 aromatic rings. The molecule has 2 aromatic carbocycles. The van der Waals surface area contributed by atoms with Crippen LogP contribution in [-0.4, -0.2) is 51.1 Å². The molecule has 0 aromatic heterocycles. The third kappa shape index (κ3) is 3.45. The molecular formula is C21H23ClN3O3+. The molecule has 2 aliphatic heterocycles. The van der Waals surface area contributed by atoms with Crippen LogP contribution in [0.15, 0.2) is 48.5 Å². The number of piperazine rings is 1. The van der Waals surface area contributed by atoms with Crippen molar-refractivity contribution in [3.8, 4) is 5.75 Å². The van der Waals surface area contributed by atoms with Gasteiger partial charge in [-0.25, -0.2) is 4.90 Å². The van der Waals surface area contributed by atoms with E-state index in [4.69, 9.17) is 16.3 Å². The van der Waals surface area contributed by atoms with Crippen LogP contribution in [0.2, 0.25) is 5.02 Å². The standard InChI is InChI=1S/C21H22ClN3O3/c1-28-16-6-4-5-15(13-16)25-20(26)14-19(21(25)27)24-11-9-23(10-12-24)18-8-3-2-7-17(18)22/h2-8,13,19H,9-12,14H2,1H3/p+1/t19-/m1/s1. The normalized spacial score (nSPS) is 20.7. The summed E-state index contributed by atoms with van der Waals surface area (Å²) in [7, 11) is 1.57. The van der Waals surface area contributed by atoms with Gasteiger partial charge in [0, 0.05) is 6.07 Å². The molecule has 2 saturated heterocycles. The number of halogens is 1. The molecule has 2 amide bonds. The molecule has 1 atom stereocenters. The highest BCUT2D eigenvalue weighted by molar-refractivity contribution is 6.33. The molecule has 146 valence electrons. The summed E-state index contributed by atoms with van der Waals surface area (Å²) in [4.78, 5) is 30.3. The van der Waals surface area contributed by atoms with Gasteiger partial charge in [-0.15, -0.1) is 0 Å². The number of carbonyl (C=O) groups is 2. The summed E-state index contributed by atoms with van der Waals surface area (Å²) in [6.45, 7) is 3.19. The number of ether oxygens (including phenoxy) is 1. The van der Waals surface area contributed by atoms with Crippen molar-refractivity contribution in [2.24, 2.45) is 0 Å². The van der Waals surface area contributed by atoms with Crippen LogP contribution in [0.4, 0.5) is 11.4 Å². The number of hydrogen-bond donors (Lipinski definition) is 1. The predicted molar refractivity (Wildman–Crippen MR) is 108 cm³/mol. The maximum Gasteiger partial charge on any atom is 0.292 e. The molecule has 0 unspecified atom stereocenters. The Morgan fingerprint density at radius 3 is 2.54 bits per heavy atom. The van der Waals surface area contributed by atoms with Gasteiger partial charge in [-0.3, -0.25) is 9.59 Å². The molecule has 2 aliphatic rings. The molecule has 2 fully saturated rings. The Bertz CT molecular complexity index is 896. The lowest BCUT2D eigenvalue weighted by molar-refractivity contribution is -0.915. The molecule has 0 bridgehead atoms. The van der Waals surface area contributed by atoms with E-state index >= 15 is 0 Å². The van der Waals surface area contributed by atoms with Gasteiger partial charge in [-0.1, -0.05) is 29.8 Å². The van der Waals surface area contributed by atoms with Crippen molar-refractivity contribution >= 4 is 34.8 Å². The van der Waals surface area contributed by atoms with Gasteiger partial charge in [-0.2, -0.15) is 0 Å². The van der Waals surface area contributed by atoms with E-state index in [9.17, 15) is 9.59 Å². The Balaban J connectivity index is 1.45. The Kier molecular flexibility index (Phi) is 5.24. The second kappa shape index (κ2) is 7.81. The summed E-state index contributed by atoms with van der Waals surface area (Å²) < 4.78 is 5.22. The highest BCUT2D eigenvalue weighted by atomic mass is 35.5. The summed E-state index contributed by atoms with van der Waals surface area (Å²) in [6.07, 6.45) is 0.247. The number of carbonyl (C=O) groups excluding carboxylic acids is 2. The van der Waals surface area contributed by atoms with E-state index in [1.165, 1.54) is 4.90 Å². The van der Waals surface area contributed by atoms with Gasteiger partial charge in [0.25, 0.3) is 5.91 Å². The van der Waals surface area contributed by atoms with Crippen LogP contribution in [0.25, 0.3) is 0 Å². The average molecular weight is 401 g/mol. The second-order valence-corrected chi connectivity index (χ2v) is 7.53. The van der Waals surface area contributed by atoms with Gasteiger partial charge in [0.2, 0.25) is 5.91 Å². The number of para-hydroxylation sites is 1. The third-order valence-electron chi connectivity index (χ3n) is 5.55. The summed E-state index contributed by atoms with van der Waals surface area (Å²) in [6, 6.07) is 14.6. The second-order valence-electron chi connectivity index (χ2n) is 7.12. The smallest absolute Gasteiger partial charge is 0.292 e. The summed E-state index contributed by atoms with van der Waals surface area (Å²) in [5, 5.41) is 0.738. The first kappa shape index (κ1) is 18.8. The first-order valence-electron chi connectivity index (χ1n) is 9.43. The Morgan fingerprint density at radius 1 is 1.07 bits per heavy atom. The van der Waals surface area contributed by atoms with Gasteiger partial charge in [0.15, 0.2) is 6.04 Å². The number of imide groups is 1. The lowest BCUT2D eigenvalue weighted by Gasteiger charge is -2.36. The minimum Gasteiger partial charge on any atom is -0.497 e. The summed E-state index contributed by atoms with van der Waals surface area (Å²) in [5.41, 5.74) is 1.60. The predicted octanol–water partition coefficient (Wildman–Crippen LogP) is 1.39. The van der Waals surface area contributed by atoms with Crippen molar-refractivity contribution in [1.29, 1.82) is 0 Å². The molecule has 7 heteroatoms. The number of rotatable bonds is 4. The number of methoxy groups -OCH3 is 1. The molecule has 4 rings (SSSR count). The zero-order chi connectivity index (χ0) is 19.7. The van der Waals surface area contributed by atoms with Crippen molar-refractivity contribution in [3.63, 3.8) is 0 Å². The zero-order valence-corrected chi connectivity index (χ0v) is 16.5. The number of nitrogens with one attached hydrogen (secondary N) is 1. The number of anilines is 2. The Hall–Kier alpha value is -2.57. The van der Waals surface area contributed by atoms with Crippen molar-refractivity contribution < 1.29 is 19.2 Å². The SMILES string of the molecule is COc1cccc(N2C(=O)C[C@@H]([NH+]3CCN(c4ccccc4Cl)CC3)C2=O)c1. The van der Waals surface area contributed by atoms with Gasteiger partial charge in [-0.05, 0) is 24.3 Å². The number of nitrogens with zero attached hydrogens (tertiary/aromatic N) is 2. The molecule has 0 spiro atoms. The zero-order valence-electron chi connectivity index (χ0n) is 15.7. The fraction of sp³-hybridized carbons (Fsp3) is 0.333. The maximum atomic E-state index is 13.0. The highest BCUT2D eigenvalue weighted by Crippen LogP contribution is 2.27. The minimum absolute atomic E-state index is 0.126. The van der Waals surface area contributed by atoms with Crippen LogP contribution in [0.1, 0.15) is 6.42 Å². The number of hydrogen-bond acceptors (Lipinski definition) is 4. The molecule has 0 radical (unpaired) electrons. The molecule has 1 N–H and O–H groups in total. The maximum absolute atomic E-state index is 13.0. The van der Waals surface area contributed by atoms with Crippen molar-refractivity contribution in [3.05, 3.63) is 53.6 Å². The van der Waals surface area contributed by atoms with Crippen LogP contribution in [0.3, 0.4) is 0 Å². The minimum atomic E-state index is -0.327. The Morgan fingerprint density at radius 2 is 1.82 bits per heavy atom. The number of benzene rings is 2. The Labute approximate surface area is 169 Å². The van der Waals surface area contributed by atoms with Crippen LogP contribution >= 0.6 is 11.6 Å². The van der Waals surface area contributed by atoms with E-state index < -0.39 is 0 Å². The molecule has 0 saturated carbocycles. The third-order valence-corrected chi connectivity index (χ3v) is 5.87. The highest BCUT2D eigenvalue weighted by Gasteiger charge is 2.46. The van der Waals surface area contributed by atoms with E-state index in [0.717, 1.165) is 41.8 Å². The molecule has 6 nitrogen and oxygen atoms in total. The fourth-order valence-electron chi connectivity index (χ4n) is 4.06. The summed E-state index contributed by atoms with van der Waals surface area (Å²) >= 11 is 6.31. The quantitative estimate of drug-likeness (QED) is 0.788. The van der Waals surface area contributed by atoms with E-state index in [2.05, 4.69) is 4.90 Å². The largest absolute Gasteiger partial charge is 0.497 e. The number of amides is 2. The van der Waals surface area contributed by atoms with Crippen molar-refractivity contribution in [2.45, 2.75) is 12.5 Å². The average Bonchev–Trinajstić information content (AvgIpc) is 3.02. The van der Waals surface area contributed by atoms with Crippen LogP contribution in [0, 0.1) is 0 Å². The van der Waals surface area contributed by atoms with Crippen LogP contribution < -0.4 is 19.4 Å². The lowest BCUT2D eigenvalue weighted by atomic mass is 10.1.